The molecule has 162 valence electrons. The summed E-state index contributed by atoms with van der Waals surface area (Å²) in [6.45, 7) is 2.55. The van der Waals surface area contributed by atoms with Crippen molar-refractivity contribution in [2.45, 2.75) is 13.5 Å². The smallest absolute Gasteiger partial charge is 0.235 e. The summed E-state index contributed by atoms with van der Waals surface area (Å²) in [6.07, 6.45) is 1.66. The number of hydrogen-bond acceptors (Lipinski definition) is 5. The lowest BCUT2D eigenvalue weighted by atomic mass is 10.2. The van der Waals surface area contributed by atoms with E-state index in [2.05, 4.69) is 27.9 Å². The first-order chi connectivity index (χ1) is 14.9. The fourth-order valence-electron chi connectivity index (χ4n) is 2.89. The molecule has 0 spiro atoms. The zero-order valence-corrected chi connectivity index (χ0v) is 18.8. The highest BCUT2D eigenvalue weighted by molar-refractivity contribution is 8.00. The SMILES string of the molecule is Cc1ccc(NC(=O)CSCC(=O)Nc2ccnn2Cc2ccc(N(C)C)cc2)cc1. The maximum Gasteiger partial charge on any atom is 0.235 e. The van der Waals surface area contributed by atoms with Crippen LogP contribution >= 0.6 is 11.8 Å². The molecule has 0 aliphatic heterocycles. The number of nitrogens with zero attached hydrogens (tertiary/aromatic N) is 3. The lowest BCUT2D eigenvalue weighted by molar-refractivity contribution is -0.114. The zero-order chi connectivity index (χ0) is 22.2. The van der Waals surface area contributed by atoms with Gasteiger partial charge >= 0.3 is 0 Å². The molecule has 31 heavy (non-hydrogen) atoms. The summed E-state index contributed by atoms with van der Waals surface area (Å²) in [6, 6.07) is 17.6. The summed E-state index contributed by atoms with van der Waals surface area (Å²) < 4.78 is 1.75. The topological polar surface area (TPSA) is 79.3 Å². The Hall–Kier alpha value is -3.26. The molecule has 0 aliphatic carbocycles. The molecule has 2 amide bonds. The van der Waals surface area contributed by atoms with Gasteiger partial charge in [-0.1, -0.05) is 29.8 Å². The molecular formula is C23H27N5O2S. The van der Waals surface area contributed by atoms with Crippen LogP contribution in [-0.2, 0) is 16.1 Å². The van der Waals surface area contributed by atoms with E-state index in [0.717, 1.165) is 22.5 Å². The maximum atomic E-state index is 12.3. The van der Waals surface area contributed by atoms with Crippen LogP contribution in [0.15, 0.2) is 60.8 Å². The minimum atomic E-state index is -0.169. The molecule has 7 nitrogen and oxygen atoms in total. The minimum absolute atomic E-state index is 0.132. The van der Waals surface area contributed by atoms with Gasteiger partial charge < -0.3 is 15.5 Å². The van der Waals surface area contributed by atoms with Crippen molar-refractivity contribution in [1.82, 2.24) is 9.78 Å². The monoisotopic (exact) mass is 437 g/mol. The second kappa shape index (κ2) is 10.7. The van der Waals surface area contributed by atoms with Gasteiger partial charge in [-0.2, -0.15) is 5.10 Å². The first-order valence-electron chi connectivity index (χ1n) is 9.93. The molecule has 0 atom stereocenters. The summed E-state index contributed by atoms with van der Waals surface area (Å²) in [5, 5.41) is 10.0. The molecule has 0 fully saturated rings. The Labute approximate surface area is 186 Å². The van der Waals surface area contributed by atoms with Gasteiger partial charge in [-0.3, -0.25) is 9.59 Å². The number of benzene rings is 2. The van der Waals surface area contributed by atoms with E-state index < -0.39 is 0 Å². The maximum absolute atomic E-state index is 12.3. The van der Waals surface area contributed by atoms with Gasteiger partial charge in [0.1, 0.15) is 5.82 Å². The van der Waals surface area contributed by atoms with Gasteiger partial charge in [-0.15, -0.1) is 11.8 Å². The fourth-order valence-corrected chi connectivity index (χ4v) is 3.50. The highest BCUT2D eigenvalue weighted by atomic mass is 32.2. The average molecular weight is 438 g/mol. The molecule has 1 heterocycles. The van der Waals surface area contributed by atoms with Crippen molar-refractivity contribution >= 4 is 40.8 Å². The van der Waals surface area contributed by atoms with E-state index >= 15 is 0 Å². The molecule has 3 rings (SSSR count). The third kappa shape index (κ3) is 6.89. The van der Waals surface area contributed by atoms with Gasteiger partial charge in [-0.05, 0) is 36.8 Å². The molecule has 0 bridgehead atoms. The first kappa shape index (κ1) is 22.4. The molecule has 1 aromatic heterocycles. The van der Waals surface area contributed by atoms with Crippen LogP contribution in [0.3, 0.4) is 0 Å². The average Bonchev–Trinajstić information content (AvgIpc) is 3.16. The molecule has 2 N–H and O–H groups in total. The van der Waals surface area contributed by atoms with Gasteiger partial charge in [0.2, 0.25) is 11.8 Å². The zero-order valence-electron chi connectivity index (χ0n) is 18.0. The molecule has 0 saturated heterocycles. The molecule has 0 radical (unpaired) electrons. The Morgan fingerprint density at radius 1 is 0.935 bits per heavy atom. The molecule has 3 aromatic rings. The minimum Gasteiger partial charge on any atom is -0.378 e. The van der Waals surface area contributed by atoms with E-state index in [1.807, 2.05) is 62.3 Å². The Morgan fingerprint density at radius 3 is 2.23 bits per heavy atom. The third-order valence-electron chi connectivity index (χ3n) is 4.57. The number of nitrogens with one attached hydrogen (secondary N) is 2. The van der Waals surface area contributed by atoms with Crippen LogP contribution in [0.5, 0.6) is 0 Å². The predicted octanol–water partition coefficient (Wildman–Crippen LogP) is 3.62. The van der Waals surface area contributed by atoms with Crippen LogP contribution in [0.2, 0.25) is 0 Å². The molecular weight excluding hydrogens is 410 g/mol. The number of thioether (sulfide) groups is 1. The molecule has 0 unspecified atom stereocenters. The number of aryl methyl sites for hydroxylation is 1. The Morgan fingerprint density at radius 2 is 1.58 bits per heavy atom. The number of aromatic nitrogens is 2. The standard InChI is InChI=1S/C23H27N5O2S/c1-17-4-8-19(9-5-17)25-22(29)15-31-16-23(30)26-21-12-13-24-28(21)14-18-6-10-20(11-7-18)27(2)3/h4-13H,14-16H2,1-3H3,(H,25,29)(H,26,30). The van der Waals surface area contributed by atoms with E-state index in [1.165, 1.54) is 11.8 Å². The van der Waals surface area contributed by atoms with Gasteiger partial charge in [0.15, 0.2) is 0 Å². The molecule has 2 aromatic carbocycles. The highest BCUT2D eigenvalue weighted by Crippen LogP contribution is 2.16. The van der Waals surface area contributed by atoms with Crippen molar-refractivity contribution < 1.29 is 9.59 Å². The van der Waals surface area contributed by atoms with Gasteiger partial charge in [0.05, 0.1) is 24.2 Å². The van der Waals surface area contributed by atoms with E-state index in [-0.39, 0.29) is 23.3 Å². The number of anilines is 3. The van der Waals surface area contributed by atoms with E-state index in [9.17, 15) is 9.59 Å². The van der Waals surface area contributed by atoms with Crippen LogP contribution < -0.4 is 15.5 Å². The normalized spacial score (nSPS) is 10.5. The molecule has 8 heteroatoms. The largest absolute Gasteiger partial charge is 0.378 e. The van der Waals surface area contributed by atoms with E-state index in [1.54, 1.807) is 16.9 Å². The van der Waals surface area contributed by atoms with Crippen molar-refractivity contribution in [3.8, 4) is 0 Å². The third-order valence-corrected chi connectivity index (χ3v) is 5.50. The number of amides is 2. The Kier molecular flexibility index (Phi) is 7.72. The van der Waals surface area contributed by atoms with Crippen molar-refractivity contribution in [3.63, 3.8) is 0 Å². The first-order valence-corrected chi connectivity index (χ1v) is 11.1. The summed E-state index contributed by atoms with van der Waals surface area (Å²) in [5.41, 5.74) is 4.10. The van der Waals surface area contributed by atoms with Gasteiger partial charge in [0.25, 0.3) is 0 Å². The summed E-state index contributed by atoms with van der Waals surface area (Å²) in [5.74, 6) is 0.722. The van der Waals surface area contributed by atoms with Crippen LogP contribution in [0.25, 0.3) is 0 Å². The fraction of sp³-hybridized carbons (Fsp3) is 0.261. The number of carbonyl (C=O) groups excluding carboxylic acids is 2. The Balaban J connectivity index is 1.45. The van der Waals surface area contributed by atoms with Crippen molar-refractivity contribution in [2.75, 3.05) is 41.1 Å². The highest BCUT2D eigenvalue weighted by Gasteiger charge is 2.10. The van der Waals surface area contributed by atoms with Crippen molar-refractivity contribution in [3.05, 3.63) is 71.9 Å². The van der Waals surface area contributed by atoms with Gasteiger partial charge in [0, 0.05) is 31.5 Å². The van der Waals surface area contributed by atoms with Crippen molar-refractivity contribution in [2.24, 2.45) is 0 Å². The van der Waals surface area contributed by atoms with Crippen LogP contribution in [0, 0.1) is 6.92 Å². The molecule has 0 aliphatic rings. The number of carbonyl (C=O) groups is 2. The lowest BCUT2D eigenvalue weighted by Gasteiger charge is -2.13. The predicted molar refractivity (Wildman–Crippen MR) is 128 cm³/mol. The van der Waals surface area contributed by atoms with Crippen LogP contribution in [0.1, 0.15) is 11.1 Å². The van der Waals surface area contributed by atoms with Crippen LogP contribution in [-0.4, -0.2) is 47.2 Å². The van der Waals surface area contributed by atoms with Gasteiger partial charge in [-0.25, -0.2) is 4.68 Å². The quantitative estimate of drug-likeness (QED) is 0.535. The number of hydrogen-bond donors (Lipinski definition) is 2. The summed E-state index contributed by atoms with van der Waals surface area (Å²) in [7, 11) is 4.00. The molecule has 0 saturated carbocycles. The van der Waals surface area contributed by atoms with E-state index in [0.29, 0.717) is 12.4 Å². The van der Waals surface area contributed by atoms with Crippen LogP contribution in [0.4, 0.5) is 17.2 Å². The van der Waals surface area contributed by atoms with E-state index in [4.69, 9.17) is 0 Å². The lowest BCUT2D eigenvalue weighted by Crippen LogP contribution is -2.20. The second-order valence-corrected chi connectivity index (χ2v) is 8.38. The number of rotatable bonds is 9. The van der Waals surface area contributed by atoms with Crippen molar-refractivity contribution in [1.29, 1.82) is 0 Å². The summed E-state index contributed by atoms with van der Waals surface area (Å²) >= 11 is 1.27. The second-order valence-electron chi connectivity index (χ2n) is 7.39. The summed E-state index contributed by atoms with van der Waals surface area (Å²) in [4.78, 5) is 26.4. The Bertz CT molecular complexity index is 1010.